The molecule has 8 heteroatoms. The van der Waals surface area contributed by atoms with Gasteiger partial charge in [0.1, 0.15) is 0 Å². The van der Waals surface area contributed by atoms with Crippen LogP contribution in [-0.2, 0) is 16.0 Å². The van der Waals surface area contributed by atoms with Crippen molar-refractivity contribution in [3.05, 3.63) is 47.0 Å². The van der Waals surface area contributed by atoms with Gasteiger partial charge in [0, 0.05) is 12.1 Å². The number of amides is 1. The van der Waals surface area contributed by atoms with Crippen molar-refractivity contribution in [3.63, 3.8) is 0 Å². The van der Waals surface area contributed by atoms with Gasteiger partial charge in [-0.1, -0.05) is 0 Å². The third kappa shape index (κ3) is 3.79. The molecular weight excluding hydrogens is 400 g/mol. The van der Waals surface area contributed by atoms with E-state index in [0.717, 1.165) is 24.1 Å². The number of hydrogen-bond acceptors (Lipinski definition) is 6. The summed E-state index contributed by atoms with van der Waals surface area (Å²) in [6.07, 6.45) is 0.799. The van der Waals surface area contributed by atoms with Gasteiger partial charge in [0.2, 0.25) is 12.5 Å². The Morgan fingerprint density at radius 2 is 1.94 bits per heavy atom. The normalized spacial score (nSPS) is 18.1. The number of esters is 1. The molecule has 0 unspecified atom stereocenters. The van der Waals surface area contributed by atoms with Crippen molar-refractivity contribution in [2.75, 3.05) is 46.5 Å². The van der Waals surface area contributed by atoms with Crippen LogP contribution in [0.15, 0.2) is 30.3 Å². The van der Waals surface area contributed by atoms with E-state index in [4.69, 9.17) is 18.9 Å². The maximum atomic E-state index is 13.5. The molecule has 31 heavy (non-hydrogen) atoms. The summed E-state index contributed by atoms with van der Waals surface area (Å²) in [7, 11) is 5.64. The molecule has 0 aromatic heterocycles. The Bertz CT molecular complexity index is 1020. The lowest BCUT2D eigenvalue weighted by Gasteiger charge is -2.42. The van der Waals surface area contributed by atoms with Crippen molar-refractivity contribution in [2.24, 2.45) is 0 Å². The summed E-state index contributed by atoms with van der Waals surface area (Å²) in [5, 5.41) is 2.99. The van der Waals surface area contributed by atoms with Crippen LogP contribution in [0, 0.1) is 0 Å². The number of rotatable bonds is 5. The number of carbonyl (C=O) groups is 2. The van der Waals surface area contributed by atoms with Crippen molar-refractivity contribution in [1.29, 1.82) is 0 Å². The lowest BCUT2D eigenvalue weighted by atomic mass is 9.88. The second-order valence-electron chi connectivity index (χ2n) is 8.16. The fourth-order valence-electron chi connectivity index (χ4n) is 4.24. The van der Waals surface area contributed by atoms with Crippen LogP contribution in [0.25, 0.3) is 0 Å². The molecule has 0 spiro atoms. The first kappa shape index (κ1) is 21.0. The van der Waals surface area contributed by atoms with E-state index in [9.17, 15) is 9.59 Å². The average molecular weight is 427 g/mol. The van der Waals surface area contributed by atoms with Gasteiger partial charge in [-0.25, -0.2) is 4.79 Å². The Hall–Kier alpha value is -3.26. The number of ether oxygens (including phenoxy) is 4. The van der Waals surface area contributed by atoms with E-state index < -0.39 is 6.04 Å². The van der Waals surface area contributed by atoms with Crippen molar-refractivity contribution >= 4 is 17.6 Å². The van der Waals surface area contributed by atoms with E-state index in [1.165, 1.54) is 0 Å². The first-order valence-corrected chi connectivity index (χ1v) is 10.3. The fourth-order valence-corrected chi connectivity index (χ4v) is 4.24. The van der Waals surface area contributed by atoms with Gasteiger partial charge in [-0.3, -0.25) is 4.79 Å². The van der Waals surface area contributed by atoms with Crippen LogP contribution in [0.3, 0.4) is 0 Å². The summed E-state index contributed by atoms with van der Waals surface area (Å²) in [6.45, 7) is 2.99. The zero-order valence-corrected chi connectivity index (χ0v) is 18.2. The lowest BCUT2D eigenvalue weighted by Crippen LogP contribution is -2.52. The summed E-state index contributed by atoms with van der Waals surface area (Å²) in [6, 6.07) is 8.13. The van der Waals surface area contributed by atoms with Crippen LogP contribution >= 0.6 is 0 Å². The minimum atomic E-state index is -0.502. The number of anilines is 1. The van der Waals surface area contributed by atoms with E-state index in [-0.39, 0.29) is 18.7 Å². The first-order valence-electron chi connectivity index (χ1n) is 10.3. The van der Waals surface area contributed by atoms with Crippen LogP contribution in [0.5, 0.6) is 17.2 Å². The van der Waals surface area contributed by atoms with Crippen LogP contribution in [0.1, 0.15) is 34.5 Å². The Balaban J connectivity index is 1.66. The van der Waals surface area contributed by atoms with Crippen molar-refractivity contribution in [2.45, 2.75) is 19.4 Å². The number of fused-ring (bicyclic) bond motifs is 2. The van der Waals surface area contributed by atoms with Crippen LogP contribution < -0.4 is 19.5 Å². The molecule has 0 saturated heterocycles. The van der Waals surface area contributed by atoms with E-state index in [0.29, 0.717) is 39.6 Å². The number of nitrogens with zero attached hydrogens (tertiary/aromatic N) is 1. The molecular formula is C23H27N2O6+. The molecule has 2 aromatic carbocycles. The Morgan fingerprint density at radius 3 is 2.61 bits per heavy atom. The molecule has 8 nitrogen and oxygen atoms in total. The third-order valence-electron chi connectivity index (χ3n) is 5.79. The fraction of sp³-hybridized carbons (Fsp3) is 0.391. The SMILES string of the molecule is CCOC(=O)c1ccc(NC(=O)[C@@H]2c3c(cc4c(c3OC)OCO4)CC[N+]2(C)C)cc1. The van der Waals surface area contributed by atoms with Gasteiger partial charge >= 0.3 is 5.97 Å². The summed E-state index contributed by atoms with van der Waals surface area (Å²) in [5.41, 5.74) is 2.89. The number of carbonyl (C=O) groups excluding carboxylic acids is 2. The highest BCUT2D eigenvalue weighted by Gasteiger charge is 2.45. The predicted molar refractivity (Wildman–Crippen MR) is 114 cm³/mol. The minimum Gasteiger partial charge on any atom is -0.492 e. The van der Waals surface area contributed by atoms with Gasteiger partial charge in [0.15, 0.2) is 17.5 Å². The average Bonchev–Trinajstić information content (AvgIpc) is 3.20. The molecule has 2 aliphatic heterocycles. The van der Waals surface area contributed by atoms with Crippen molar-refractivity contribution in [1.82, 2.24) is 0 Å². The smallest absolute Gasteiger partial charge is 0.338 e. The standard InChI is InChI=1S/C23H26N2O6/c1-5-29-23(27)14-6-8-16(9-7-14)24-22(26)19-18-15(10-11-25(19,2)3)12-17-20(21(18)28-4)31-13-30-17/h6-9,12,19H,5,10-11,13H2,1-4H3/p+1/t19-/m0/s1. The highest BCUT2D eigenvalue weighted by molar-refractivity contribution is 5.97. The third-order valence-corrected chi connectivity index (χ3v) is 5.79. The zero-order chi connectivity index (χ0) is 22.2. The minimum absolute atomic E-state index is 0.135. The molecule has 0 aliphatic carbocycles. The predicted octanol–water partition coefficient (Wildman–Crippen LogP) is 2.91. The van der Waals surface area contributed by atoms with Crippen molar-refractivity contribution < 1.29 is 33.0 Å². The van der Waals surface area contributed by atoms with Gasteiger partial charge in [0.25, 0.3) is 5.91 Å². The number of methoxy groups -OCH3 is 1. The molecule has 164 valence electrons. The molecule has 2 heterocycles. The topological polar surface area (TPSA) is 83.1 Å². The molecule has 1 amide bonds. The molecule has 2 aromatic rings. The molecule has 2 aliphatic rings. The number of quaternary nitrogens is 1. The summed E-state index contributed by atoms with van der Waals surface area (Å²) < 4.78 is 22.4. The van der Waals surface area contributed by atoms with Crippen LogP contribution in [-0.4, -0.2) is 57.5 Å². The number of hydrogen-bond donors (Lipinski definition) is 1. The van der Waals surface area contributed by atoms with Gasteiger partial charge in [-0.05, 0) is 42.8 Å². The van der Waals surface area contributed by atoms with Crippen molar-refractivity contribution in [3.8, 4) is 17.2 Å². The van der Waals surface area contributed by atoms with Gasteiger partial charge in [-0.2, -0.15) is 0 Å². The van der Waals surface area contributed by atoms with E-state index in [1.807, 2.05) is 20.2 Å². The zero-order valence-electron chi connectivity index (χ0n) is 18.2. The summed E-state index contributed by atoms with van der Waals surface area (Å²) >= 11 is 0. The quantitative estimate of drug-likeness (QED) is 0.584. The summed E-state index contributed by atoms with van der Waals surface area (Å²) in [4.78, 5) is 25.4. The van der Waals surface area contributed by atoms with Gasteiger partial charge in [0.05, 0.1) is 45.5 Å². The maximum absolute atomic E-state index is 13.5. The first-order chi connectivity index (χ1) is 14.9. The number of benzene rings is 2. The summed E-state index contributed by atoms with van der Waals surface area (Å²) in [5.74, 6) is 1.19. The number of likely N-dealkylation sites (N-methyl/N-ethyl adjacent to an activating group) is 1. The molecule has 4 rings (SSSR count). The monoisotopic (exact) mass is 427 g/mol. The lowest BCUT2D eigenvalue weighted by molar-refractivity contribution is -0.913. The highest BCUT2D eigenvalue weighted by atomic mass is 16.7. The van der Waals surface area contributed by atoms with Gasteiger partial charge < -0.3 is 28.7 Å². The molecule has 1 atom stereocenters. The molecule has 0 fully saturated rings. The maximum Gasteiger partial charge on any atom is 0.338 e. The van der Waals surface area contributed by atoms with Gasteiger partial charge in [-0.15, -0.1) is 0 Å². The van der Waals surface area contributed by atoms with E-state index in [2.05, 4.69) is 5.32 Å². The Kier molecular flexibility index (Phi) is 5.49. The van der Waals surface area contributed by atoms with Crippen LogP contribution in [0.2, 0.25) is 0 Å². The molecule has 0 radical (unpaired) electrons. The van der Waals surface area contributed by atoms with Crippen LogP contribution in [0.4, 0.5) is 5.69 Å². The number of nitrogens with one attached hydrogen (secondary N) is 1. The highest BCUT2D eigenvalue weighted by Crippen LogP contribution is 2.50. The van der Waals surface area contributed by atoms with E-state index in [1.54, 1.807) is 38.3 Å². The molecule has 1 N–H and O–H groups in total. The molecule has 0 bridgehead atoms. The Labute approximate surface area is 181 Å². The Morgan fingerprint density at radius 1 is 1.19 bits per heavy atom. The van der Waals surface area contributed by atoms with E-state index >= 15 is 0 Å². The second-order valence-corrected chi connectivity index (χ2v) is 8.16. The largest absolute Gasteiger partial charge is 0.492 e. The second kappa shape index (κ2) is 8.11. The molecule has 0 saturated carbocycles.